The van der Waals surface area contributed by atoms with E-state index in [4.69, 9.17) is 9.52 Å². The third-order valence-corrected chi connectivity index (χ3v) is 2.83. The number of hydrogen-bond acceptors (Lipinski definition) is 3. The van der Waals surface area contributed by atoms with Crippen LogP contribution in [-0.4, -0.2) is 35.1 Å². The van der Waals surface area contributed by atoms with Gasteiger partial charge in [0.25, 0.3) is 0 Å². The van der Waals surface area contributed by atoms with Gasteiger partial charge in [-0.2, -0.15) is 0 Å². The van der Waals surface area contributed by atoms with Crippen LogP contribution in [0.4, 0.5) is 0 Å². The Hall–Kier alpha value is -1.29. The second kappa shape index (κ2) is 5.16. The molecule has 0 atom stereocenters. The third kappa shape index (κ3) is 3.10. The fourth-order valence-electron chi connectivity index (χ4n) is 1.30. The van der Waals surface area contributed by atoms with E-state index in [0.717, 1.165) is 5.76 Å². The lowest BCUT2D eigenvalue weighted by Crippen LogP contribution is -2.47. The van der Waals surface area contributed by atoms with Crippen molar-refractivity contribution in [2.24, 2.45) is 0 Å². The first-order valence-corrected chi connectivity index (χ1v) is 5.37. The van der Waals surface area contributed by atoms with Crippen LogP contribution in [0, 0.1) is 0 Å². The third-order valence-electron chi connectivity index (χ3n) is 2.83. The summed E-state index contributed by atoms with van der Waals surface area (Å²) in [5, 5.41) is 9.15. The Morgan fingerprint density at radius 2 is 2.25 bits per heavy atom. The number of furan rings is 1. The van der Waals surface area contributed by atoms with Crippen molar-refractivity contribution < 1.29 is 14.3 Å². The number of aliphatic hydroxyl groups is 1. The number of carbonyl (C=O) groups is 1. The zero-order valence-electron chi connectivity index (χ0n) is 10.1. The van der Waals surface area contributed by atoms with Crippen molar-refractivity contribution in [2.45, 2.75) is 32.2 Å². The SMILES string of the molecule is CN(C(=O)CCc1ccco1)C(C)(C)CO. The maximum Gasteiger partial charge on any atom is 0.223 e. The van der Waals surface area contributed by atoms with Crippen molar-refractivity contribution in [3.8, 4) is 0 Å². The molecule has 1 rings (SSSR count). The minimum Gasteiger partial charge on any atom is -0.469 e. The van der Waals surface area contributed by atoms with E-state index in [-0.39, 0.29) is 12.5 Å². The first-order valence-electron chi connectivity index (χ1n) is 5.37. The summed E-state index contributed by atoms with van der Waals surface area (Å²) >= 11 is 0. The highest BCUT2D eigenvalue weighted by atomic mass is 16.3. The maximum absolute atomic E-state index is 11.8. The number of aryl methyl sites for hydroxylation is 1. The number of aliphatic hydroxyl groups excluding tert-OH is 1. The van der Waals surface area contributed by atoms with Crippen LogP contribution in [0.5, 0.6) is 0 Å². The Labute approximate surface area is 95.9 Å². The normalized spacial score (nSPS) is 11.5. The lowest BCUT2D eigenvalue weighted by Gasteiger charge is -2.33. The first kappa shape index (κ1) is 12.8. The molecule has 4 nitrogen and oxygen atoms in total. The van der Waals surface area contributed by atoms with Gasteiger partial charge in [-0.15, -0.1) is 0 Å². The van der Waals surface area contributed by atoms with E-state index in [1.54, 1.807) is 24.3 Å². The topological polar surface area (TPSA) is 53.7 Å². The van der Waals surface area contributed by atoms with Gasteiger partial charge in [0.15, 0.2) is 0 Å². The van der Waals surface area contributed by atoms with E-state index < -0.39 is 5.54 Å². The summed E-state index contributed by atoms with van der Waals surface area (Å²) in [6.45, 7) is 3.62. The largest absolute Gasteiger partial charge is 0.469 e. The van der Waals surface area contributed by atoms with Gasteiger partial charge in [-0.1, -0.05) is 0 Å². The zero-order valence-corrected chi connectivity index (χ0v) is 10.1. The van der Waals surface area contributed by atoms with Gasteiger partial charge in [-0.05, 0) is 26.0 Å². The highest BCUT2D eigenvalue weighted by Crippen LogP contribution is 2.13. The lowest BCUT2D eigenvalue weighted by atomic mass is 10.0. The van der Waals surface area contributed by atoms with Crippen molar-refractivity contribution >= 4 is 5.91 Å². The number of amides is 1. The van der Waals surface area contributed by atoms with Crippen LogP contribution in [0.1, 0.15) is 26.0 Å². The summed E-state index contributed by atoms with van der Waals surface area (Å²) < 4.78 is 5.16. The molecule has 0 saturated carbocycles. The highest BCUT2D eigenvalue weighted by molar-refractivity contribution is 5.76. The highest BCUT2D eigenvalue weighted by Gasteiger charge is 2.26. The zero-order chi connectivity index (χ0) is 12.2. The fraction of sp³-hybridized carbons (Fsp3) is 0.583. The molecule has 4 heteroatoms. The molecule has 0 fully saturated rings. The van der Waals surface area contributed by atoms with Gasteiger partial charge >= 0.3 is 0 Å². The molecule has 90 valence electrons. The molecule has 1 aromatic heterocycles. The molecule has 0 aliphatic heterocycles. The Kier molecular flexibility index (Phi) is 4.12. The summed E-state index contributed by atoms with van der Waals surface area (Å²) in [6.07, 6.45) is 2.59. The van der Waals surface area contributed by atoms with Gasteiger partial charge in [0.05, 0.1) is 18.4 Å². The molecule has 0 radical (unpaired) electrons. The lowest BCUT2D eigenvalue weighted by molar-refractivity contribution is -0.136. The second-order valence-electron chi connectivity index (χ2n) is 4.50. The van der Waals surface area contributed by atoms with Crippen LogP contribution < -0.4 is 0 Å². The number of carbonyl (C=O) groups excluding carboxylic acids is 1. The Balaban J connectivity index is 2.46. The molecule has 1 amide bonds. The predicted octanol–water partition coefficient (Wildman–Crippen LogP) is 1.44. The van der Waals surface area contributed by atoms with E-state index in [9.17, 15) is 4.79 Å². The van der Waals surface area contributed by atoms with Crippen molar-refractivity contribution in [3.63, 3.8) is 0 Å². The van der Waals surface area contributed by atoms with Crippen LogP contribution in [0.25, 0.3) is 0 Å². The van der Waals surface area contributed by atoms with E-state index >= 15 is 0 Å². The summed E-state index contributed by atoms with van der Waals surface area (Å²) in [4.78, 5) is 13.4. The average molecular weight is 225 g/mol. The van der Waals surface area contributed by atoms with Crippen molar-refractivity contribution in [2.75, 3.05) is 13.7 Å². The van der Waals surface area contributed by atoms with Gasteiger partial charge in [0.2, 0.25) is 5.91 Å². The molecule has 1 aromatic rings. The monoisotopic (exact) mass is 225 g/mol. The molecule has 16 heavy (non-hydrogen) atoms. The van der Waals surface area contributed by atoms with Gasteiger partial charge in [-0.3, -0.25) is 4.79 Å². The number of nitrogens with zero attached hydrogens (tertiary/aromatic N) is 1. The number of rotatable bonds is 5. The fourth-order valence-corrected chi connectivity index (χ4v) is 1.30. The van der Waals surface area contributed by atoms with Gasteiger partial charge in [0, 0.05) is 19.9 Å². The minimum absolute atomic E-state index is 0.00968. The van der Waals surface area contributed by atoms with Gasteiger partial charge < -0.3 is 14.4 Å². The van der Waals surface area contributed by atoms with Crippen LogP contribution in [0.15, 0.2) is 22.8 Å². The predicted molar refractivity (Wildman–Crippen MR) is 61.0 cm³/mol. The minimum atomic E-state index is -0.514. The second-order valence-corrected chi connectivity index (χ2v) is 4.50. The summed E-state index contributed by atoms with van der Waals surface area (Å²) in [5.41, 5.74) is -0.514. The quantitative estimate of drug-likeness (QED) is 0.825. The van der Waals surface area contributed by atoms with Gasteiger partial charge in [0.1, 0.15) is 5.76 Å². The van der Waals surface area contributed by atoms with Crippen LogP contribution >= 0.6 is 0 Å². The molecule has 0 bridgehead atoms. The van der Waals surface area contributed by atoms with E-state index in [1.165, 1.54) is 0 Å². The van der Waals surface area contributed by atoms with E-state index in [0.29, 0.717) is 12.8 Å². The summed E-state index contributed by atoms with van der Waals surface area (Å²) in [5.74, 6) is 0.819. The Morgan fingerprint density at radius 1 is 1.56 bits per heavy atom. The molecule has 0 spiro atoms. The Morgan fingerprint density at radius 3 is 2.75 bits per heavy atom. The number of hydrogen-bond donors (Lipinski definition) is 1. The summed E-state index contributed by atoms with van der Waals surface area (Å²) in [7, 11) is 1.71. The molecule has 0 aromatic carbocycles. The van der Waals surface area contributed by atoms with E-state index in [1.807, 2.05) is 19.9 Å². The standard InChI is InChI=1S/C12H19NO3/c1-12(2,9-14)13(3)11(15)7-6-10-5-4-8-16-10/h4-5,8,14H,6-7,9H2,1-3H3. The maximum atomic E-state index is 11.8. The molecular weight excluding hydrogens is 206 g/mol. The molecule has 1 heterocycles. The van der Waals surface area contributed by atoms with E-state index in [2.05, 4.69) is 0 Å². The molecule has 0 aliphatic carbocycles. The first-order chi connectivity index (χ1) is 7.47. The van der Waals surface area contributed by atoms with Gasteiger partial charge in [-0.25, -0.2) is 0 Å². The molecule has 1 N–H and O–H groups in total. The molecule has 0 saturated heterocycles. The molecule has 0 unspecified atom stereocenters. The van der Waals surface area contributed by atoms with Crippen molar-refractivity contribution in [3.05, 3.63) is 24.2 Å². The van der Waals surface area contributed by atoms with Crippen molar-refractivity contribution in [1.82, 2.24) is 4.90 Å². The van der Waals surface area contributed by atoms with Crippen LogP contribution in [0.3, 0.4) is 0 Å². The number of likely N-dealkylation sites (N-methyl/N-ethyl adjacent to an activating group) is 1. The molecular formula is C12H19NO3. The Bertz CT molecular complexity index is 330. The average Bonchev–Trinajstić information content (AvgIpc) is 2.77. The van der Waals surface area contributed by atoms with Crippen LogP contribution in [-0.2, 0) is 11.2 Å². The van der Waals surface area contributed by atoms with Crippen LogP contribution in [0.2, 0.25) is 0 Å². The van der Waals surface area contributed by atoms with Crippen molar-refractivity contribution in [1.29, 1.82) is 0 Å². The summed E-state index contributed by atoms with van der Waals surface area (Å²) in [6, 6.07) is 3.66. The smallest absolute Gasteiger partial charge is 0.223 e. The molecule has 0 aliphatic rings.